The number of carbonyl (C=O) groups excluding carboxylic acids is 1. The van der Waals surface area contributed by atoms with Gasteiger partial charge in [-0.2, -0.15) is 0 Å². The number of hydrogen-bond donors (Lipinski definition) is 1. The fourth-order valence-corrected chi connectivity index (χ4v) is 2.30. The van der Waals surface area contributed by atoms with Crippen LogP contribution < -0.4 is 20.2 Å². The summed E-state index contributed by atoms with van der Waals surface area (Å²) in [6, 6.07) is 13.6. The lowest BCUT2D eigenvalue weighted by Crippen LogP contribution is -2.28. The number of methoxy groups -OCH3 is 1. The van der Waals surface area contributed by atoms with Crippen LogP contribution in [0.5, 0.6) is 11.5 Å². The molecule has 1 heterocycles. The van der Waals surface area contributed by atoms with Gasteiger partial charge in [-0.3, -0.25) is 9.59 Å². The van der Waals surface area contributed by atoms with Gasteiger partial charge in [-0.25, -0.2) is 0 Å². The molecular weight excluding hydrogens is 322 g/mol. The number of rotatable bonds is 6. The SMILES string of the molecule is COc1ccc(CNC(=O)COc2ccc3c(=O)ccoc3c2)cc1. The van der Waals surface area contributed by atoms with E-state index in [4.69, 9.17) is 13.9 Å². The first-order valence-corrected chi connectivity index (χ1v) is 7.70. The summed E-state index contributed by atoms with van der Waals surface area (Å²) in [6.07, 6.45) is 1.33. The molecule has 0 fully saturated rings. The van der Waals surface area contributed by atoms with Crippen LogP contribution in [-0.4, -0.2) is 19.6 Å². The molecule has 6 nitrogen and oxygen atoms in total. The molecule has 128 valence electrons. The predicted octanol–water partition coefficient (Wildman–Crippen LogP) is 2.50. The maximum absolute atomic E-state index is 11.9. The number of carbonyl (C=O) groups is 1. The van der Waals surface area contributed by atoms with Crippen molar-refractivity contribution in [3.8, 4) is 11.5 Å². The quantitative estimate of drug-likeness (QED) is 0.746. The highest BCUT2D eigenvalue weighted by molar-refractivity contribution is 5.79. The monoisotopic (exact) mass is 339 g/mol. The van der Waals surface area contributed by atoms with Crippen molar-refractivity contribution in [1.82, 2.24) is 5.32 Å². The van der Waals surface area contributed by atoms with Gasteiger partial charge in [0.25, 0.3) is 5.91 Å². The lowest BCUT2D eigenvalue weighted by atomic mass is 10.2. The molecule has 0 bridgehead atoms. The Morgan fingerprint density at radius 3 is 2.60 bits per heavy atom. The number of ether oxygens (including phenoxy) is 2. The molecule has 0 saturated heterocycles. The highest BCUT2D eigenvalue weighted by atomic mass is 16.5. The molecule has 0 spiro atoms. The van der Waals surface area contributed by atoms with Crippen LogP contribution in [0.4, 0.5) is 0 Å². The summed E-state index contributed by atoms with van der Waals surface area (Å²) in [7, 11) is 1.60. The average molecular weight is 339 g/mol. The molecule has 1 N–H and O–H groups in total. The Labute approximate surface area is 144 Å². The molecule has 1 amide bonds. The average Bonchev–Trinajstić information content (AvgIpc) is 2.65. The third-order valence-corrected chi connectivity index (χ3v) is 3.65. The molecule has 0 saturated carbocycles. The highest BCUT2D eigenvalue weighted by Gasteiger charge is 2.06. The molecule has 0 unspecified atom stereocenters. The number of hydrogen-bond acceptors (Lipinski definition) is 5. The summed E-state index contributed by atoms with van der Waals surface area (Å²) in [5, 5.41) is 3.25. The van der Waals surface area contributed by atoms with Crippen LogP contribution in [0.3, 0.4) is 0 Å². The molecular formula is C19H17NO5. The van der Waals surface area contributed by atoms with Gasteiger partial charge in [-0.1, -0.05) is 12.1 Å². The van der Waals surface area contributed by atoms with Crippen molar-refractivity contribution < 1.29 is 18.7 Å². The standard InChI is InChI=1S/C19H17NO5/c1-23-14-4-2-13(3-5-14)11-20-19(22)12-25-15-6-7-16-17(21)8-9-24-18(16)10-15/h2-10H,11-12H2,1H3,(H,20,22). The fraction of sp³-hybridized carbons (Fsp3) is 0.158. The molecule has 2 aromatic carbocycles. The van der Waals surface area contributed by atoms with Gasteiger partial charge in [0.15, 0.2) is 12.0 Å². The largest absolute Gasteiger partial charge is 0.497 e. The molecule has 25 heavy (non-hydrogen) atoms. The van der Waals surface area contributed by atoms with Gasteiger partial charge < -0.3 is 19.2 Å². The Morgan fingerprint density at radius 2 is 1.84 bits per heavy atom. The van der Waals surface area contributed by atoms with E-state index in [1.807, 2.05) is 24.3 Å². The predicted molar refractivity (Wildman–Crippen MR) is 92.8 cm³/mol. The van der Waals surface area contributed by atoms with Gasteiger partial charge >= 0.3 is 0 Å². The van der Waals surface area contributed by atoms with E-state index in [0.717, 1.165) is 11.3 Å². The van der Waals surface area contributed by atoms with Gasteiger partial charge in [-0.15, -0.1) is 0 Å². The fourth-order valence-electron chi connectivity index (χ4n) is 2.30. The zero-order valence-corrected chi connectivity index (χ0v) is 13.7. The second-order valence-electron chi connectivity index (χ2n) is 5.36. The van der Waals surface area contributed by atoms with Gasteiger partial charge in [0.2, 0.25) is 0 Å². The summed E-state index contributed by atoms with van der Waals surface area (Å²) < 4.78 is 15.8. The van der Waals surface area contributed by atoms with Gasteiger partial charge in [0.05, 0.1) is 18.8 Å². The van der Waals surface area contributed by atoms with Crippen LogP contribution in [0.15, 0.2) is 64.0 Å². The summed E-state index contributed by atoms with van der Waals surface area (Å²) >= 11 is 0. The van der Waals surface area contributed by atoms with Crippen LogP contribution >= 0.6 is 0 Å². The van der Waals surface area contributed by atoms with Crippen molar-refractivity contribution in [2.45, 2.75) is 6.54 Å². The Bertz CT molecular complexity index is 930. The molecule has 0 radical (unpaired) electrons. The smallest absolute Gasteiger partial charge is 0.258 e. The molecule has 0 aliphatic carbocycles. The van der Waals surface area contributed by atoms with Crippen molar-refractivity contribution in [2.24, 2.45) is 0 Å². The molecule has 6 heteroatoms. The third-order valence-electron chi connectivity index (χ3n) is 3.65. The van der Waals surface area contributed by atoms with E-state index < -0.39 is 0 Å². The molecule has 1 aromatic heterocycles. The molecule has 0 aliphatic heterocycles. The van der Waals surface area contributed by atoms with Gasteiger partial charge in [-0.05, 0) is 29.8 Å². The Morgan fingerprint density at radius 1 is 1.08 bits per heavy atom. The summed E-state index contributed by atoms with van der Waals surface area (Å²) in [4.78, 5) is 23.5. The molecule has 0 aliphatic rings. The summed E-state index contributed by atoms with van der Waals surface area (Å²) in [6.45, 7) is 0.275. The first kappa shape index (κ1) is 16.6. The van der Waals surface area contributed by atoms with Gasteiger partial charge in [0, 0.05) is 18.7 Å². The van der Waals surface area contributed by atoms with E-state index in [9.17, 15) is 9.59 Å². The Kier molecular flexibility index (Phi) is 4.99. The topological polar surface area (TPSA) is 77.8 Å². The van der Waals surface area contributed by atoms with Crippen LogP contribution in [-0.2, 0) is 11.3 Å². The summed E-state index contributed by atoms with van der Waals surface area (Å²) in [5.41, 5.74) is 1.26. The second kappa shape index (κ2) is 7.53. The number of fused-ring (bicyclic) bond motifs is 1. The van der Waals surface area contributed by atoms with Crippen LogP contribution in [0.25, 0.3) is 11.0 Å². The first-order valence-electron chi connectivity index (χ1n) is 7.70. The maximum Gasteiger partial charge on any atom is 0.258 e. The molecule has 0 atom stereocenters. The van der Waals surface area contributed by atoms with Crippen molar-refractivity contribution >= 4 is 16.9 Å². The van der Waals surface area contributed by atoms with E-state index >= 15 is 0 Å². The van der Waals surface area contributed by atoms with Crippen LogP contribution in [0.2, 0.25) is 0 Å². The minimum absolute atomic E-state index is 0.120. The lowest BCUT2D eigenvalue weighted by molar-refractivity contribution is -0.123. The summed E-state index contributed by atoms with van der Waals surface area (Å²) in [5.74, 6) is 0.980. The van der Waals surface area contributed by atoms with Gasteiger partial charge in [0.1, 0.15) is 17.1 Å². The third kappa shape index (κ3) is 4.17. The molecule has 3 aromatic rings. The molecule has 3 rings (SSSR count). The van der Waals surface area contributed by atoms with E-state index in [1.54, 1.807) is 25.3 Å². The van der Waals surface area contributed by atoms with Crippen molar-refractivity contribution in [1.29, 1.82) is 0 Å². The number of nitrogens with one attached hydrogen (secondary N) is 1. The first-order chi connectivity index (χ1) is 12.2. The maximum atomic E-state index is 11.9. The van der Waals surface area contributed by atoms with E-state index in [-0.39, 0.29) is 17.9 Å². The highest BCUT2D eigenvalue weighted by Crippen LogP contribution is 2.18. The van der Waals surface area contributed by atoms with Crippen molar-refractivity contribution in [2.75, 3.05) is 13.7 Å². The van der Waals surface area contributed by atoms with E-state index in [0.29, 0.717) is 23.3 Å². The minimum atomic E-state index is -0.245. The Hall–Kier alpha value is -3.28. The van der Waals surface area contributed by atoms with E-state index in [2.05, 4.69) is 5.32 Å². The van der Waals surface area contributed by atoms with Crippen LogP contribution in [0, 0.1) is 0 Å². The number of amides is 1. The normalized spacial score (nSPS) is 10.4. The number of benzene rings is 2. The Balaban J connectivity index is 1.54. The zero-order valence-electron chi connectivity index (χ0n) is 13.7. The minimum Gasteiger partial charge on any atom is -0.497 e. The van der Waals surface area contributed by atoms with Crippen molar-refractivity contribution in [3.63, 3.8) is 0 Å². The second-order valence-corrected chi connectivity index (χ2v) is 5.36. The van der Waals surface area contributed by atoms with E-state index in [1.165, 1.54) is 12.3 Å². The zero-order chi connectivity index (χ0) is 17.6. The van der Waals surface area contributed by atoms with Crippen LogP contribution in [0.1, 0.15) is 5.56 Å². The van der Waals surface area contributed by atoms with Crippen molar-refractivity contribution in [3.05, 3.63) is 70.6 Å². The lowest BCUT2D eigenvalue weighted by Gasteiger charge is -2.08.